The second kappa shape index (κ2) is 5.95. The van der Waals surface area contributed by atoms with Crippen LogP contribution >= 0.6 is 22.9 Å². The minimum absolute atomic E-state index is 0.400. The molecule has 0 saturated carbocycles. The van der Waals surface area contributed by atoms with Crippen LogP contribution in [0.15, 0.2) is 30.3 Å². The summed E-state index contributed by atoms with van der Waals surface area (Å²) in [6, 6.07) is 8.84. The molecule has 19 heavy (non-hydrogen) atoms. The molecule has 1 aromatic heterocycles. The molecule has 1 heterocycles. The van der Waals surface area contributed by atoms with Crippen LogP contribution in [0.25, 0.3) is 0 Å². The molecule has 0 bridgehead atoms. The molecule has 2 rings (SSSR count). The fourth-order valence-corrected chi connectivity index (χ4v) is 2.62. The van der Waals surface area contributed by atoms with E-state index < -0.39 is 5.97 Å². The van der Waals surface area contributed by atoms with Crippen LogP contribution in [0.1, 0.15) is 15.2 Å². The highest BCUT2D eigenvalue weighted by molar-refractivity contribution is 7.16. The maximum atomic E-state index is 11.3. The van der Waals surface area contributed by atoms with Gasteiger partial charge in [0.05, 0.1) is 28.4 Å². The van der Waals surface area contributed by atoms with Gasteiger partial charge in [-0.1, -0.05) is 11.6 Å². The smallest absolute Gasteiger partial charge is 0.337 e. The lowest BCUT2D eigenvalue weighted by molar-refractivity contribution is 0.0601. The highest BCUT2D eigenvalue weighted by Crippen LogP contribution is 2.24. The van der Waals surface area contributed by atoms with Crippen LogP contribution in [0.5, 0.6) is 0 Å². The molecule has 6 heteroatoms. The van der Waals surface area contributed by atoms with E-state index in [9.17, 15) is 4.79 Å². The first kappa shape index (κ1) is 13.7. The van der Waals surface area contributed by atoms with Crippen molar-refractivity contribution in [2.75, 3.05) is 18.2 Å². The Hall–Kier alpha value is -1.72. The van der Waals surface area contributed by atoms with Crippen LogP contribution in [0.2, 0.25) is 4.34 Å². The average Bonchev–Trinajstić information content (AvgIpc) is 2.82. The molecule has 2 aromatic rings. The van der Waals surface area contributed by atoms with E-state index in [0.29, 0.717) is 17.8 Å². The topological polar surface area (TPSA) is 64.3 Å². The normalized spacial score (nSPS) is 10.2. The number of anilines is 2. The van der Waals surface area contributed by atoms with Crippen molar-refractivity contribution < 1.29 is 9.53 Å². The first-order chi connectivity index (χ1) is 9.10. The number of hydrogen-bond acceptors (Lipinski definition) is 5. The van der Waals surface area contributed by atoms with Gasteiger partial charge in [-0.3, -0.25) is 0 Å². The molecular weight excluding hydrogens is 284 g/mol. The third-order valence-electron chi connectivity index (χ3n) is 2.55. The fraction of sp³-hybridized carbons (Fsp3) is 0.154. The third-order valence-corrected chi connectivity index (χ3v) is 3.79. The van der Waals surface area contributed by atoms with Crippen molar-refractivity contribution in [2.45, 2.75) is 6.54 Å². The molecule has 0 spiro atoms. The van der Waals surface area contributed by atoms with E-state index in [2.05, 4.69) is 10.1 Å². The number of rotatable bonds is 4. The minimum atomic E-state index is -0.400. The molecule has 0 aliphatic heterocycles. The third kappa shape index (κ3) is 3.39. The highest BCUT2D eigenvalue weighted by atomic mass is 35.5. The molecule has 0 unspecified atom stereocenters. The number of nitrogen functional groups attached to an aromatic ring is 1. The van der Waals surface area contributed by atoms with Crippen molar-refractivity contribution in [2.24, 2.45) is 0 Å². The van der Waals surface area contributed by atoms with Gasteiger partial charge in [-0.2, -0.15) is 0 Å². The number of methoxy groups -OCH3 is 1. The molecule has 100 valence electrons. The second-order valence-electron chi connectivity index (χ2n) is 3.85. The number of benzene rings is 1. The lowest BCUT2D eigenvalue weighted by Gasteiger charge is -2.09. The summed E-state index contributed by atoms with van der Waals surface area (Å²) in [6.07, 6.45) is 0. The Morgan fingerprint density at radius 2 is 2.21 bits per heavy atom. The molecule has 4 nitrogen and oxygen atoms in total. The van der Waals surface area contributed by atoms with Crippen LogP contribution in [0.4, 0.5) is 11.4 Å². The van der Waals surface area contributed by atoms with E-state index in [1.807, 2.05) is 12.1 Å². The van der Waals surface area contributed by atoms with Gasteiger partial charge in [0.15, 0.2) is 0 Å². The van der Waals surface area contributed by atoms with Gasteiger partial charge < -0.3 is 15.8 Å². The summed E-state index contributed by atoms with van der Waals surface area (Å²) < 4.78 is 5.39. The van der Waals surface area contributed by atoms with E-state index in [4.69, 9.17) is 17.3 Å². The highest BCUT2D eigenvalue weighted by Gasteiger charge is 2.08. The summed E-state index contributed by atoms with van der Waals surface area (Å²) in [5.41, 5.74) is 7.61. The fourth-order valence-electron chi connectivity index (χ4n) is 1.60. The van der Waals surface area contributed by atoms with Gasteiger partial charge in [0.25, 0.3) is 0 Å². The standard InChI is InChI=1S/C13H13ClN2O2S/c1-18-13(17)8-2-4-11(10(15)6-8)16-7-9-3-5-12(14)19-9/h2-6,16H,7,15H2,1H3. The number of hydrogen-bond donors (Lipinski definition) is 2. The van der Waals surface area contributed by atoms with E-state index >= 15 is 0 Å². The van der Waals surface area contributed by atoms with Gasteiger partial charge >= 0.3 is 5.97 Å². The number of thiophene rings is 1. The predicted molar refractivity (Wildman–Crippen MR) is 78.8 cm³/mol. The Morgan fingerprint density at radius 3 is 2.79 bits per heavy atom. The number of halogens is 1. The summed E-state index contributed by atoms with van der Waals surface area (Å²) in [7, 11) is 1.34. The first-order valence-electron chi connectivity index (χ1n) is 5.56. The van der Waals surface area contributed by atoms with Gasteiger partial charge in [-0.15, -0.1) is 11.3 Å². The lowest BCUT2D eigenvalue weighted by atomic mass is 10.1. The van der Waals surface area contributed by atoms with Gasteiger partial charge in [0, 0.05) is 11.4 Å². The maximum Gasteiger partial charge on any atom is 0.337 e. The summed E-state index contributed by atoms with van der Waals surface area (Å²) >= 11 is 7.37. The summed E-state index contributed by atoms with van der Waals surface area (Å²) in [6.45, 7) is 0.638. The van der Waals surface area contributed by atoms with Crippen LogP contribution in [0.3, 0.4) is 0 Å². The average molecular weight is 297 g/mol. The second-order valence-corrected chi connectivity index (χ2v) is 5.65. The predicted octanol–water partition coefficient (Wildman–Crippen LogP) is 3.38. The van der Waals surface area contributed by atoms with Crippen molar-refractivity contribution in [3.63, 3.8) is 0 Å². The van der Waals surface area contributed by atoms with Crippen LogP contribution in [-0.4, -0.2) is 13.1 Å². The lowest BCUT2D eigenvalue weighted by Crippen LogP contribution is -2.05. The number of ether oxygens (including phenoxy) is 1. The molecule has 0 radical (unpaired) electrons. The van der Waals surface area contributed by atoms with Gasteiger partial charge in [-0.05, 0) is 30.3 Å². The summed E-state index contributed by atoms with van der Waals surface area (Å²) in [4.78, 5) is 12.5. The Kier molecular flexibility index (Phi) is 4.29. The molecule has 0 fully saturated rings. The van der Waals surface area contributed by atoms with Crippen LogP contribution < -0.4 is 11.1 Å². The van der Waals surface area contributed by atoms with Crippen molar-refractivity contribution in [3.05, 3.63) is 45.1 Å². The van der Waals surface area contributed by atoms with E-state index in [-0.39, 0.29) is 0 Å². The van der Waals surface area contributed by atoms with Crippen molar-refractivity contribution in [1.82, 2.24) is 0 Å². The van der Waals surface area contributed by atoms with Gasteiger partial charge in [0.2, 0.25) is 0 Å². The zero-order valence-electron chi connectivity index (χ0n) is 10.3. The number of esters is 1. The SMILES string of the molecule is COC(=O)c1ccc(NCc2ccc(Cl)s2)c(N)c1. The zero-order chi connectivity index (χ0) is 13.8. The number of nitrogens with one attached hydrogen (secondary N) is 1. The van der Waals surface area contributed by atoms with E-state index in [0.717, 1.165) is 14.9 Å². The number of carbonyl (C=O) groups is 1. The Labute approximate surface area is 120 Å². The molecule has 0 saturated heterocycles. The maximum absolute atomic E-state index is 11.3. The monoisotopic (exact) mass is 296 g/mol. The van der Waals surface area contributed by atoms with Crippen molar-refractivity contribution in [3.8, 4) is 0 Å². The Bertz CT molecular complexity index is 598. The molecule has 0 aliphatic rings. The molecule has 0 amide bonds. The van der Waals surface area contributed by atoms with Crippen LogP contribution in [0, 0.1) is 0 Å². The molecule has 0 aliphatic carbocycles. The summed E-state index contributed by atoms with van der Waals surface area (Å²) in [5, 5.41) is 3.20. The quantitative estimate of drug-likeness (QED) is 0.670. The zero-order valence-corrected chi connectivity index (χ0v) is 11.8. The van der Waals surface area contributed by atoms with Crippen molar-refractivity contribution in [1.29, 1.82) is 0 Å². The molecular formula is C13H13ClN2O2S. The Morgan fingerprint density at radius 1 is 1.42 bits per heavy atom. The minimum Gasteiger partial charge on any atom is -0.465 e. The number of carbonyl (C=O) groups excluding carboxylic acids is 1. The van der Waals surface area contributed by atoms with Gasteiger partial charge in [-0.25, -0.2) is 4.79 Å². The van der Waals surface area contributed by atoms with E-state index in [1.54, 1.807) is 18.2 Å². The van der Waals surface area contributed by atoms with Crippen LogP contribution in [-0.2, 0) is 11.3 Å². The van der Waals surface area contributed by atoms with E-state index in [1.165, 1.54) is 18.4 Å². The van der Waals surface area contributed by atoms with Gasteiger partial charge in [0.1, 0.15) is 0 Å². The largest absolute Gasteiger partial charge is 0.465 e. The molecule has 1 aromatic carbocycles. The molecule has 0 atom stereocenters. The first-order valence-corrected chi connectivity index (χ1v) is 6.75. The summed E-state index contributed by atoms with van der Waals surface area (Å²) in [5.74, 6) is -0.400. The Balaban J connectivity index is 2.07. The van der Waals surface area contributed by atoms with Crippen molar-refractivity contribution >= 4 is 40.3 Å². The molecule has 3 N–H and O–H groups in total. The number of nitrogens with two attached hydrogens (primary N) is 1.